The maximum Gasteiger partial charge on any atom is 0.419 e. The molecule has 0 saturated carbocycles. The van der Waals surface area contributed by atoms with Crippen molar-refractivity contribution in [3.8, 4) is 0 Å². The number of nitrogens with one attached hydrogen (secondary N) is 2. The van der Waals surface area contributed by atoms with E-state index in [0.717, 1.165) is 0 Å². The minimum atomic E-state index is -4.55. The first-order chi connectivity index (χ1) is 8.84. The lowest BCUT2D eigenvalue weighted by molar-refractivity contribution is -0.154. The third kappa shape index (κ3) is 4.41. The van der Waals surface area contributed by atoms with Crippen LogP contribution in [0.25, 0.3) is 0 Å². The number of rotatable bonds is 3. The fraction of sp³-hybridized carbons (Fsp3) is 0.333. The van der Waals surface area contributed by atoms with Gasteiger partial charge >= 0.3 is 18.1 Å². The molecule has 1 rings (SSSR count). The van der Waals surface area contributed by atoms with E-state index in [2.05, 4.69) is 20.1 Å². The Morgan fingerprint density at radius 3 is 2.37 bits per heavy atom. The molecule has 0 unspecified atom stereocenters. The predicted octanol–water partition coefficient (Wildman–Crippen LogP) is 0.502. The molecule has 0 fully saturated rings. The zero-order valence-corrected chi connectivity index (χ0v) is 9.61. The minimum Gasteiger partial charge on any atom is -0.459 e. The van der Waals surface area contributed by atoms with Crippen molar-refractivity contribution in [2.75, 3.05) is 12.0 Å². The Balaban J connectivity index is 2.55. The topological polar surface area (TPSA) is 93.2 Å². The first-order valence-electron chi connectivity index (χ1n) is 4.97. The summed E-state index contributed by atoms with van der Waals surface area (Å²) in [6, 6.07) is 0. The summed E-state index contributed by atoms with van der Waals surface area (Å²) in [5.41, 5.74) is 2.91. The fourth-order valence-corrected chi connectivity index (χ4v) is 0.899. The third-order valence-electron chi connectivity index (χ3n) is 1.73. The Bertz CT molecular complexity index is 461. The first kappa shape index (κ1) is 14.7. The number of hydrogen-bond acceptors (Lipinski definition) is 6. The second-order valence-electron chi connectivity index (χ2n) is 3.09. The summed E-state index contributed by atoms with van der Waals surface area (Å²) < 4.78 is 41.0. The molecule has 0 bridgehead atoms. The van der Waals surface area contributed by atoms with Gasteiger partial charge in [-0.25, -0.2) is 14.8 Å². The normalized spacial score (nSPS) is 10.7. The molecule has 10 heteroatoms. The van der Waals surface area contributed by atoms with E-state index < -0.39 is 23.6 Å². The number of halogens is 3. The highest BCUT2D eigenvalue weighted by Crippen LogP contribution is 2.27. The van der Waals surface area contributed by atoms with E-state index in [1.54, 1.807) is 0 Å². The molecular weight excluding hydrogens is 269 g/mol. The second kappa shape index (κ2) is 5.98. The molecule has 1 amide bonds. The van der Waals surface area contributed by atoms with Gasteiger partial charge in [-0.3, -0.25) is 15.6 Å². The quantitative estimate of drug-likeness (QED) is 0.475. The summed E-state index contributed by atoms with van der Waals surface area (Å²) in [4.78, 5) is 28.6. The van der Waals surface area contributed by atoms with E-state index in [9.17, 15) is 22.8 Å². The van der Waals surface area contributed by atoms with Gasteiger partial charge in [0.2, 0.25) is 5.95 Å². The Labute approximate surface area is 105 Å². The van der Waals surface area contributed by atoms with Crippen LogP contribution in [0.4, 0.5) is 19.1 Å². The number of ether oxygens (including phenoxy) is 1. The van der Waals surface area contributed by atoms with Crippen LogP contribution in [-0.2, 0) is 20.5 Å². The monoisotopic (exact) mass is 278 g/mol. The molecular formula is C9H9F3N4O3. The number of nitrogens with zero attached hydrogens (tertiary/aromatic N) is 2. The summed E-state index contributed by atoms with van der Waals surface area (Å²) in [5, 5.41) is 0. The van der Waals surface area contributed by atoms with E-state index in [-0.39, 0.29) is 12.6 Å². The van der Waals surface area contributed by atoms with Crippen LogP contribution in [-0.4, -0.2) is 28.5 Å². The van der Waals surface area contributed by atoms with Crippen molar-refractivity contribution in [1.82, 2.24) is 15.4 Å². The van der Waals surface area contributed by atoms with Gasteiger partial charge in [0.05, 0.1) is 12.2 Å². The van der Waals surface area contributed by atoms with E-state index in [0.29, 0.717) is 12.4 Å². The minimum absolute atomic E-state index is 0.0169. The number of carbonyl (C=O) groups is 2. The van der Waals surface area contributed by atoms with Crippen molar-refractivity contribution >= 4 is 17.8 Å². The third-order valence-corrected chi connectivity index (χ3v) is 1.73. The number of hydrazine groups is 1. The van der Waals surface area contributed by atoms with Gasteiger partial charge in [-0.05, 0) is 6.92 Å². The summed E-state index contributed by atoms with van der Waals surface area (Å²) in [6.45, 7) is 1.53. The number of anilines is 1. The van der Waals surface area contributed by atoms with Gasteiger partial charge in [0, 0.05) is 12.4 Å². The average Bonchev–Trinajstić information content (AvgIpc) is 2.35. The number of amides is 1. The van der Waals surface area contributed by atoms with Crippen LogP contribution in [0, 0.1) is 0 Å². The van der Waals surface area contributed by atoms with Gasteiger partial charge in [0.15, 0.2) is 0 Å². The second-order valence-corrected chi connectivity index (χ2v) is 3.09. The average molecular weight is 278 g/mol. The molecule has 0 spiro atoms. The largest absolute Gasteiger partial charge is 0.459 e. The van der Waals surface area contributed by atoms with E-state index in [4.69, 9.17) is 0 Å². The highest BCUT2D eigenvalue weighted by atomic mass is 19.4. The summed E-state index contributed by atoms with van der Waals surface area (Å²) >= 11 is 0. The van der Waals surface area contributed by atoms with Crippen LogP contribution in [0.2, 0.25) is 0 Å². The lowest BCUT2D eigenvalue weighted by Gasteiger charge is -2.08. The molecule has 0 aliphatic carbocycles. The van der Waals surface area contributed by atoms with Crippen molar-refractivity contribution in [2.45, 2.75) is 13.1 Å². The molecule has 104 valence electrons. The predicted molar refractivity (Wildman–Crippen MR) is 55.4 cm³/mol. The number of esters is 1. The number of carbonyl (C=O) groups excluding carboxylic acids is 2. The number of alkyl halides is 3. The van der Waals surface area contributed by atoms with Crippen molar-refractivity contribution in [1.29, 1.82) is 0 Å². The van der Waals surface area contributed by atoms with E-state index >= 15 is 0 Å². The van der Waals surface area contributed by atoms with Gasteiger partial charge in [-0.2, -0.15) is 13.2 Å². The number of hydrogen-bond donors (Lipinski definition) is 2. The molecule has 0 radical (unpaired) electrons. The highest BCUT2D eigenvalue weighted by Gasteiger charge is 2.31. The standard InChI is InChI=1S/C9H9F3N4O3/c1-2-19-7(18)6(17)15-16-8-13-3-5(4-14-8)9(10,11)12/h3-4H,2H2,1H3,(H,15,17)(H,13,14,16). The van der Waals surface area contributed by atoms with Crippen molar-refractivity contribution in [2.24, 2.45) is 0 Å². The van der Waals surface area contributed by atoms with Crippen molar-refractivity contribution in [3.05, 3.63) is 18.0 Å². The van der Waals surface area contributed by atoms with Gasteiger partial charge in [0.25, 0.3) is 0 Å². The fourth-order valence-electron chi connectivity index (χ4n) is 0.899. The maximum absolute atomic E-state index is 12.2. The van der Waals surface area contributed by atoms with Crippen LogP contribution < -0.4 is 10.9 Å². The maximum atomic E-state index is 12.2. The van der Waals surface area contributed by atoms with Gasteiger partial charge in [0.1, 0.15) is 0 Å². The molecule has 0 atom stereocenters. The molecule has 1 aromatic rings. The van der Waals surface area contributed by atoms with E-state index in [1.165, 1.54) is 6.92 Å². The van der Waals surface area contributed by atoms with Crippen molar-refractivity contribution < 1.29 is 27.5 Å². The van der Waals surface area contributed by atoms with Crippen LogP contribution in [0.15, 0.2) is 12.4 Å². The Morgan fingerprint density at radius 2 is 1.89 bits per heavy atom. The number of aromatic nitrogens is 2. The van der Waals surface area contributed by atoms with Gasteiger partial charge in [-0.15, -0.1) is 0 Å². The van der Waals surface area contributed by atoms with Crippen LogP contribution in [0.3, 0.4) is 0 Å². The molecule has 0 aliphatic rings. The van der Waals surface area contributed by atoms with Crippen LogP contribution >= 0.6 is 0 Å². The molecule has 1 heterocycles. The van der Waals surface area contributed by atoms with E-state index in [1.807, 2.05) is 5.43 Å². The lowest BCUT2D eigenvalue weighted by atomic mass is 10.3. The molecule has 0 aromatic carbocycles. The lowest BCUT2D eigenvalue weighted by Crippen LogP contribution is -2.37. The molecule has 1 aromatic heterocycles. The Kier molecular flexibility index (Phi) is 4.62. The summed E-state index contributed by atoms with van der Waals surface area (Å²) in [7, 11) is 0. The first-order valence-corrected chi connectivity index (χ1v) is 4.97. The molecule has 0 saturated heterocycles. The van der Waals surface area contributed by atoms with Crippen LogP contribution in [0.1, 0.15) is 12.5 Å². The Morgan fingerprint density at radius 1 is 1.32 bits per heavy atom. The molecule has 7 nitrogen and oxygen atoms in total. The molecule has 2 N–H and O–H groups in total. The summed E-state index contributed by atoms with van der Waals surface area (Å²) in [5.74, 6) is -2.56. The summed E-state index contributed by atoms with van der Waals surface area (Å²) in [6.07, 6.45) is -3.48. The smallest absolute Gasteiger partial charge is 0.419 e. The van der Waals surface area contributed by atoms with Gasteiger partial charge < -0.3 is 4.74 Å². The van der Waals surface area contributed by atoms with Gasteiger partial charge in [-0.1, -0.05) is 0 Å². The zero-order chi connectivity index (χ0) is 14.5. The molecule has 0 aliphatic heterocycles. The Hall–Kier alpha value is -2.39. The van der Waals surface area contributed by atoms with Crippen molar-refractivity contribution in [3.63, 3.8) is 0 Å². The zero-order valence-electron chi connectivity index (χ0n) is 9.61. The molecule has 19 heavy (non-hydrogen) atoms. The van der Waals surface area contributed by atoms with Crippen LogP contribution in [0.5, 0.6) is 0 Å². The SMILES string of the molecule is CCOC(=O)C(=O)NNc1ncc(C(F)(F)F)cn1. The highest BCUT2D eigenvalue weighted by molar-refractivity contribution is 6.32.